The number of hydrazine groups is 1. The van der Waals surface area contributed by atoms with Crippen molar-refractivity contribution in [3.63, 3.8) is 0 Å². The normalized spacial score (nSPS) is 10.3. The maximum absolute atomic E-state index is 12.1. The Hall–Kier alpha value is -2.76. The first kappa shape index (κ1) is 17.6. The molecule has 0 fully saturated rings. The summed E-state index contributed by atoms with van der Waals surface area (Å²) in [5, 5.41) is 0. The maximum Gasteiger partial charge on any atom is 0.273 e. The number of amides is 2. The van der Waals surface area contributed by atoms with Gasteiger partial charge in [0.05, 0.1) is 12.2 Å². The molecule has 24 heavy (non-hydrogen) atoms. The summed E-state index contributed by atoms with van der Waals surface area (Å²) >= 11 is 0. The van der Waals surface area contributed by atoms with Crippen LogP contribution in [0.2, 0.25) is 0 Å². The van der Waals surface area contributed by atoms with Crippen molar-refractivity contribution in [3.8, 4) is 5.75 Å². The summed E-state index contributed by atoms with van der Waals surface area (Å²) in [5.41, 5.74) is 5.59. The van der Waals surface area contributed by atoms with E-state index in [0.717, 1.165) is 12.8 Å². The largest absolute Gasteiger partial charge is 0.494 e. The van der Waals surface area contributed by atoms with Gasteiger partial charge in [-0.2, -0.15) is 0 Å². The van der Waals surface area contributed by atoms with Crippen molar-refractivity contribution < 1.29 is 18.7 Å². The lowest BCUT2D eigenvalue weighted by molar-refractivity contribution is 0.0845. The molecule has 0 spiro atoms. The predicted octanol–water partition coefficient (Wildman–Crippen LogP) is 3.15. The van der Waals surface area contributed by atoms with Gasteiger partial charge in [0, 0.05) is 5.56 Å². The van der Waals surface area contributed by atoms with E-state index in [1.54, 1.807) is 44.2 Å². The highest BCUT2D eigenvalue weighted by atomic mass is 16.5. The highest BCUT2D eigenvalue weighted by molar-refractivity contribution is 5.99. The number of carbonyl (C=O) groups is 2. The predicted molar refractivity (Wildman–Crippen MR) is 90.0 cm³/mol. The van der Waals surface area contributed by atoms with Crippen LogP contribution in [0.25, 0.3) is 0 Å². The van der Waals surface area contributed by atoms with Crippen LogP contribution in [-0.4, -0.2) is 18.4 Å². The van der Waals surface area contributed by atoms with Crippen LogP contribution in [0.15, 0.2) is 34.7 Å². The van der Waals surface area contributed by atoms with Crippen molar-refractivity contribution in [2.45, 2.75) is 33.6 Å². The number of ether oxygens (including phenoxy) is 1. The molecule has 0 atom stereocenters. The maximum atomic E-state index is 12.1. The molecule has 128 valence electrons. The molecule has 0 radical (unpaired) electrons. The van der Waals surface area contributed by atoms with E-state index in [1.807, 2.05) is 0 Å². The third-order valence-corrected chi connectivity index (χ3v) is 3.46. The zero-order chi connectivity index (χ0) is 17.5. The van der Waals surface area contributed by atoms with Crippen LogP contribution in [0.1, 0.15) is 52.0 Å². The number of aryl methyl sites for hydroxylation is 2. The SMILES string of the molecule is CCCCOc1ccc(C(=O)NNC(=O)c2cc(C)oc2C)cc1. The van der Waals surface area contributed by atoms with Crippen molar-refractivity contribution >= 4 is 11.8 Å². The first-order chi connectivity index (χ1) is 11.5. The zero-order valence-electron chi connectivity index (χ0n) is 14.1. The molecule has 1 aromatic carbocycles. The summed E-state index contributed by atoms with van der Waals surface area (Å²) < 4.78 is 10.8. The van der Waals surface area contributed by atoms with Crippen LogP contribution in [0.4, 0.5) is 0 Å². The van der Waals surface area contributed by atoms with Gasteiger partial charge in [-0.3, -0.25) is 20.4 Å². The van der Waals surface area contributed by atoms with E-state index in [0.29, 0.717) is 35.0 Å². The van der Waals surface area contributed by atoms with Crippen molar-refractivity contribution in [1.82, 2.24) is 10.9 Å². The summed E-state index contributed by atoms with van der Waals surface area (Å²) in [7, 11) is 0. The van der Waals surface area contributed by atoms with Gasteiger partial charge in [0.25, 0.3) is 11.8 Å². The van der Waals surface area contributed by atoms with Crippen LogP contribution >= 0.6 is 0 Å². The molecule has 2 N–H and O–H groups in total. The number of unbranched alkanes of at least 4 members (excludes halogenated alkanes) is 1. The second-order valence-corrected chi connectivity index (χ2v) is 5.46. The summed E-state index contributed by atoms with van der Waals surface area (Å²) in [4.78, 5) is 24.1. The van der Waals surface area contributed by atoms with Gasteiger partial charge in [-0.25, -0.2) is 0 Å². The molecule has 0 bridgehead atoms. The smallest absolute Gasteiger partial charge is 0.273 e. The number of hydrogen-bond acceptors (Lipinski definition) is 4. The summed E-state index contributed by atoms with van der Waals surface area (Å²) in [6.45, 7) is 6.20. The third kappa shape index (κ3) is 4.62. The molecule has 0 saturated carbocycles. The van der Waals surface area contributed by atoms with Crippen LogP contribution < -0.4 is 15.6 Å². The summed E-state index contributed by atoms with van der Waals surface area (Å²) in [6, 6.07) is 8.39. The van der Waals surface area contributed by atoms with Crippen molar-refractivity contribution in [2.24, 2.45) is 0 Å². The second-order valence-electron chi connectivity index (χ2n) is 5.46. The van der Waals surface area contributed by atoms with E-state index in [9.17, 15) is 9.59 Å². The number of hydrogen-bond donors (Lipinski definition) is 2. The average molecular weight is 330 g/mol. The Morgan fingerprint density at radius 1 is 1.08 bits per heavy atom. The molecule has 0 unspecified atom stereocenters. The Morgan fingerprint density at radius 3 is 2.33 bits per heavy atom. The molecule has 0 aliphatic heterocycles. The number of nitrogens with one attached hydrogen (secondary N) is 2. The van der Waals surface area contributed by atoms with Gasteiger partial charge in [0.15, 0.2) is 0 Å². The van der Waals surface area contributed by atoms with E-state index >= 15 is 0 Å². The molecule has 1 aromatic heterocycles. The lowest BCUT2D eigenvalue weighted by Crippen LogP contribution is -2.41. The van der Waals surface area contributed by atoms with Crippen LogP contribution in [0, 0.1) is 13.8 Å². The topological polar surface area (TPSA) is 80.6 Å². The first-order valence-corrected chi connectivity index (χ1v) is 7.92. The minimum atomic E-state index is -0.419. The fourth-order valence-corrected chi connectivity index (χ4v) is 2.15. The van der Waals surface area contributed by atoms with Gasteiger partial charge in [-0.1, -0.05) is 13.3 Å². The second kappa shape index (κ2) is 8.19. The summed E-state index contributed by atoms with van der Waals surface area (Å²) in [6.07, 6.45) is 2.05. The Bertz CT molecular complexity index is 704. The van der Waals surface area contributed by atoms with E-state index in [2.05, 4.69) is 17.8 Å². The zero-order valence-corrected chi connectivity index (χ0v) is 14.1. The van der Waals surface area contributed by atoms with Crippen molar-refractivity contribution in [1.29, 1.82) is 0 Å². The fourth-order valence-electron chi connectivity index (χ4n) is 2.15. The van der Waals surface area contributed by atoms with Crippen LogP contribution in [0.3, 0.4) is 0 Å². The van der Waals surface area contributed by atoms with Gasteiger partial charge in [-0.15, -0.1) is 0 Å². The van der Waals surface area contributed by atoms with Gasteiger partial charge >= 0.3 is 0 Å². The van der Waals surface area contributed by atoms with Crippen molar-refractivity contribution in [3.05, 3.63) is 53.0 Å². The van der Waals surface area contributed by atoms with Crippen LogP contribution in [0.5, 0.6) is 5.75 Å². The van der Waals surface area contributed by atoms with E-state index < -0.39 is 11.8 Å². The van der Waals surface area contributed by atoms with Crippen molar-refractivity contribution in [2.75, 3.05) is 6.61 Å². The Morgan fingerprint density at radius 2 is 1.75 bits per heavy atom. The van der Waals surface area contributed by atoms with Gasteiger partial charge in [-0.05, 0) is 50.6 Å². The minimum Gasteiger partial charge on any atom is -0.494 e. The number of carbonyl (C=O) groups excluding carboxylic acids is 2. The van der Waals surface area contributed by atoms with E-state index in [1.165, 1.54) is 0 Å². The fraction of sp³-hybridized carbons (Fsp3) is 0.333. The molecular weight excluding hydrogens is 308 g/mol. The third-order valence-electron chi connectivity index (χ3n) is 3.46. The number of benzene rings is 1. The molecule has 6 heteroatoms. The number of rotatable bonds is 6. The van der Waals surface area contributed by atoms with E-state index in [-0.39, 0.29) is 0 Å². The van der Waals surface area contributed by atoms with Crippen LogP contribution in [-0.2, 0) is 0 Å². The average Bonchev–Trinajstić information content (AvgIpc) is 2.91. The minimum absolute atomic E-state index is 0.396. The Labute approximate surface area is 141 Å². The molecular formula is C18H22N2O4. The molecule has 6 nitrogen and oxygen atoms in total. The highest BCUT2D eigenvalue weighted by Gasteiger charge is 2.14. The first-order valence-electron chi connectivity index (χ1n) is 7.92. The highest BCUT2D eigenvalue weighted by Crippen LogP contribution is 2.14. The van der Waals surface area contributed by atoms with Gasteiger partial charge in [0.2, 0.25) is 0 Å². The lowest BCUT2D eigenvalue weighted by Gasteiger charge is -2.08. The Kier molecular flexibility index (Phi) is 6.01. The quantitative estimate of drug-likeness (QED) is 0.630. The molecule has 2 rings (SSSR count). The Balaban J connectivity index is 1.88. The van der Waals surface area contributed by atoms with E-state index in [4.69, 9.17) is 9.15 Å². The molecule has 2 amide bonds. The summed E-state index contributed by atoms with van der Waals surface area (Å²) in [5.74, 6) is 1.04. The lowest BCUT2D eigenvalue weighted by atomic mass is 10.2. The number of furan rings is 1. The molecule has 1 heterocycles. The molecule has 2 aromatic rings. The van der Waals surface area contributed by atoms with Gasteiger partial charge < -0.3 is 9.15 Å². The molecule has 0 aliphatic rings. The molecule has 0 saturated heterocycles. The standard InChI is InChI=1S/C18H22N2O4/c1-4-5-10-23-15-8-6-14(7-9-15)17(21)19-20-18(22)16-11-12(2)24-13(16)3/h6-9,11H,4-5,10H2,1-3H3,(H,19,21)(H,20,22). The van der Waals surface area contributed by atoms with Gasteiger partial charge in [0.1, 0.15) is 17.3 Å². The monoisotopic (exact) mass is 330 g/mol. The molecule has 0 aliphatic carbocycles.